The number of nitrogens with zero attached hydrogens (tertiary/aromatic N) is 3. The number of nitrogen functional groups attached to an aromatic ring is 1. The van der Waals surface area contributed by atoms with Crippen LogP contribution < -0.4 is 16.8 Å². The van der Waals surface area contributed by atoms with Gasteiger partial charge in [0.05, 0.1) is 23.3 Å². The standard InChI is InChI=1S/C13H18Cl2N6O/c14-9-3-1-2-8(10(9)15)11-12(17)19-13(21-20-11)18-5-7-22-6-4-16/h3H,1-2,4-7,16H2,(H3,17,18,19,21). The number of halogens is 2. The minimum atomic E-state index is 0.264. The van der Waals surface area contributed by atoms with E-state index in [4.69, 9.17) is 39.4 Å². The maximum atomic E-state index is 6.20. The van der Waals surface area contributed by atoms with Gasteiger partial charge >= 0.3 is 0 Å². The van der Waals surface area contributed by atoms with Gasteiger partial charge in [0.15, 0.2) is 5.82 Å². The molecule has 120 valence electrons. The molecule has 0 amide bonds. The van der Waals surface area contributed by atoms with Crippen molar-refractivity contribution in [1.29, 1.82) is 0 Å². The van der Waals surface area contributed by atoms with Crippen LogP contribution in [0.25, 0.3) is 5.57 Å². The summed E-state index contributed by atoms with van der Waals surface area (Å²) in [5.74, 6) is 0.603. The Hall–Kier alpha value is -1.41. The van der Waals surface area contributed by atoms with Crippen molar-refractivity contribution < 1.29 is 4.74 Å². The van der Waals surface area contributed by atoms with Crippen LogP contribution in [-0.2, 0) is 4.74 Å². The molecule has 1 aromatic rings. The number of allylic oxidation sites excluding steroid dienone is 4. The molecule has 1 aliphatic carbocycles. The van der Waals surface area contributed by atoms with Crippen LogP contribution in [0.2, 0.25) is 0 Å². The lowest BCUT2D eigenvalue weighted by atomic mass is 10.0. The van der Waals surface area contributed by atoms with Gasteiger partial charge in [0.2, 0.25) is 5.95 Å². The fraction of sp³-hybridized carbons (Fsp3) is 0.462. The molecule has 7 nitrogen and oxygen atoms in total. The first-order chi connectivity index (χ1) is 10.6. The Kier molecular flexibility index (Phi) is 6.38. The number of hydrogen-bond acceptors (Lipinski definition) is 7. The molecular weight excluding hydrogens is 327 g/mol. The van der Waals surface area contributed by atoms with E-state index < -0.39 is 0 Å². The molecule has 0 saturated carbocycles. The van der Waals surface area contributed by atoms with Crippen LogP contribution >= 0.6 is 23.2 Å². The summed E-state index contributed by atoms with van der Waals surface area (Å²) in [7, 11) is 0. The number of hydrogen-bond donors (Lipinski definition) is 3. The summed E-state index contributed by atoms with van der Waals surface area (Å²) in [6.45, 7) is 2.05. The van der Waals surface area contributed by atoms with Crippen LogP contribution in [0.4, 0.5) is 11.8 Å². The van der Waals surface area contributed by atoms with Gasteiger partial charge in [-0.1, -0.05) is 29.3 Å². The van der Waals surface area contributed by atoms with Gasteiger partial charge in [-0.15, -0.1) is 10.2 Å². The number of aromatic nitrogens is 3. The molecule has 5 N–H and O–H groups in total. The van der Waals surface area contributed by atoms with Gasteiger partial charge in [-0.25, -0.2) is 0 Å². The maximum Gasteiger partial charge on any atom is 0.244 e. The first-order valence-corrected chi connectivity index (χ1v) is 7.66. The summed E-state index contributed by atoms with van der Waals surface area (Å²) >= 11 is 12.2. The van der Waals surface area contributed by atoms with Crippen LogP contribution in [-0.4, -0.2) is 41.5 Å². The van der Waals surface area contributed by atoms with Crippen LogP contribution in [0.15, 0.2) is 16.1 Å². The quantitative estimate of drug-likeness (QED) is 0.645. The number of rotatable bonds is 7. The van der Waals surface area contributed by atoms with Gasteiger partial charge < -0.3 is 21.5 Å². The normalized spacial score (nSPS) is 15.0. The van der Waals surface area contributed by atoms with Crippen molar-refractivity contribution in [1.82, 2.24) is 15.2 Å². The maximum absolute atomic E-state index is 6.20. The molecule has 0 saturated heterocycles. The SMILES string of the molecule is NCCOCCNc1nnc(C2=C(Cl)C(Cl)=CCC2)c(N)n1. The molecule has 0 aromatic carbocycles. The summed E-state index contributed by atoms with van der Waals surface area (Å²) in [6, 6.07) is 0. The fourth-order valence-corrected chi connectivity index (χ4v) is 2.44. The molecule has 0 unspecified atom stereocenters. The molecule has 0 radical (unpaired) electrons. The Bertz CT molecular complexity index is 590. The van der Waals surface area contributed by atoms with E-state index >= 15 is 0 Å². The zero-order valence-electron chi connectivity index (χ0n) is 12.0. The third-order valence-electron chi connectivity index (χ3n) is 2.98. The second-order valence-corrected chi connectivity index (χ2v) is 5.37. The van der Waals surface area contributed by atoms with E-state index in [9.17, 15) is 0 Å². The third kappa shape index (κ3) is 4.30. The van der Waals surface area contributed by atoms with E-state index in [-0.39, 0.29) is 5.82 Å². The largest absolute Gasteiger partial charge is 0.382 e. The predicted molar refractivity (Wildman–Crippen MR) is 88.5 cm³/mol. The van der Waals surface area contributed by atoms with Gasteiger partial charge in [-0.05, 0) is 12.8 Å². The van der Waals surface area contributed by atoms with Crippen molar-refractivity contribution in [2.75, 3.05) is 37.4 Å². The zero-order chi connectivity index (χ0) is 15.9. The summed E-state index contributed by atoms with van der Waals surface area (Å²) in [5, 5.41) is 12.0. The van der Waals surface area contributed by atoms with Crippen LogP contribution in [0.1, 0.15) is 18.5 Å². The first-order valence-electron chi connectivity index (χ1n) is 6.90. The van der Waals surface area contributed by atoms with Crippen molar-refractivity contribution in [3.8, 4) is 0 Å². The highest BCUT2D eigenvalue weighted by atomic mass is 35.5. The van der Waals surface area contributed by atoms with Crippen LogP contribution in [0.5, 0.6) is 0 Å². The average molecular weight is 345 g/mol. The summed E-state index contributed by atoms with van der Waals surface area (Å²) in [4.78, 5) is 4.18. The molecule has 9 heteroatoms. The Balaban J connectivity index is 2.04. The van der Waals surface area contributed by atoms with E-state index in [2.05, 4.69) is 20.5 Å². The summed E-state index contributed by atoms with van der Waals surface area (Å²) in [6.07, 6.45) is 3.35. The number of ether oxygens (including phenoxy) is 1. The van der Waals surface area contributed by atoms with E-state index in [1.54, 1.807) is 0 Å². The molecule has 0 atom stereocenters. The highest BCUT2D eigenvalue weighted by Crippen LogP contribution is 2.37. The van der Waals surface area contributed by atoms with Crippen molar-refractivity contribution in [2.24, 2.45) is 5.73 Å². The monoisotopic (exact) mass is 344 g/mol. The minimum absolute atomic E-state index is 0.264. The summed E-state index contributed by atoms with van der Waals surface area (Å²) < 4.78 is 5.24. The lowest BCUT2D eigenvalue weighted by Crippen LogP contribution is -2.16. The smallest absolute Gasteiger partial charge is 0.244 e. The van der Waals surface area contributed by atoms with Crippen molar-refractivity contribution >= 4 is 40.5 Å². The average Bonchev–Trinajstić information content (AvgIpc) is 2.50. The van der Waals surface area contributed by atoms with Gasteiger partial charge in [-0.3, -0.25) is 0 Å². The number of nitrogens with one attached hydrogen (secondary N) is 1. The van der Waals surface area contributed by atoms with Crippen molar-refractivity contribution in [3.63, 3.8) is 0 Å². The Morgan fingerprint density at radius 2 is 2.09 bits per heavy atom. The molecule has 1 aromatic heterocycles. The van der Waals surface area contributed by atoms with Gasteiger partial charge in [-0.2, -0.15) is 4.98 Å². The first kappa shape index (κ1) is 17.0. The van der Waals surface area contributed by atoms with Crippen LogP contribution in [0, 0.1) is 0 Å². The van der Waals surface area contributed by atoms with Gasteiger partial charge in [0.25, 0.3) is 0 Å². The third-order valence-corrected chi connectivity index (χ3v) is 3.86. The fourth-order valence-electron chi connectivity index (χ4n) is 1.96. The van der Waals surface area contributed by atoms with Crippen molar-refractivity contribution in [3.05, 3.63) is 21.8 Å². The Morgan fingerprint density at radius 1 is 1.27 bits per heavy atom. The van der Waals surface area contributed by atoms with Crippen LogP contribution in [0.3, 0.4) is 0 Å². The molecule has 2 rings (SSSR count). The molecule has 1 heterocycles. The molecule has 22 heavy (non-hydrogen) atoms. The minimum Gasteiger partial charge on any atom is -0.382 e. The van der Waals surface area contributed by atoms with Gasteiger partial charge in [0.1, 0.15) is 5.69 Å². The molecule has 0 fully saturated rings. The molecular formula is C13H18Cl2N6O. The van der Waals surface area contributed by atoms with Gasteiger partial charge in [0, 0.05) is 18.7 Å². The predicted octanol–water partition coefficient (Wildman–Crippen LogP) is 1.71. The lowest BCUT2D eigenvalue weighted by Gasteiger charge is -2.15. The highest BCUT2D eigenvalue weighted by molar-refractivity contribution is 6.46. The molecule has 0 spiro atoms. The number of anilines is 2. The lowest BCUT2D eigenvalue weighted by molar-refractivity contribution is 0.151. The number of nitrogens with two attached hydrogens (primary N) is 2. The Labute approximate surface area is 138 Å². The molecule has 0 aliphatic heterocycles. The zero-order valence-corrected chi connectivity index (χ0v) is 13.5. The Morgan fingerprint density at radius 3 is 2.82 bits per heavy atom. The molecule has 0 bridgehead atoms. The van der Waals surface area contributed by atoms with E-state index in [1.807, 2.05) is 6.08 Å². The second-order valence-electron chi connectivity index (χ2n) is 4.58. The highest BCUT2D eigenvalue weighted by Gasteiger charge is 2.19. The van der Waals surface area contributed by atoms with Crippen molar-refractivity contribution in [2.45, 2.75) is 12.8 Å². The van der Waals surface area contributed by atoms with E-state index in [0.717, 1.165) is 12.0 Å². The molecule has 1 aliphatic rings. The van der Waals surface area contributed by atoms with E-state index in [0.29, 0.717) is 54.4 Å². The van der Waals surface area contributed by atoms with E-state index in [1.165, 1.54) is 0 Å². The second kappa shape index (κ2) is 8.28. The summed E-state index contributed by atoms with van der Waals surface area (Å²) in [5.41, 5.74) is 12.5. The topological polar surface area (TPSA) is 112 Å².